The summed E-state index contributed by atoms with van der Waals surface area (Å²) in [7, 11) is 0. The smallest absolute Gasteiger partial charge is 0.262 e. The number of nitrogens with zero attached hydrogens (tertiary/aromatic N) is 8. The number of aromatic nitrogens is 4. The zero-order valence-corrected chi connectivity index (χ0v) is 36.1. The Morgan fingerprint density at radius 1 is 0.815 bits per heavy atom. The fraction of sp³-hybridized carbons (Fsp3) is 0.417. The lowest BCUT2D eigenvalue weighted by atomic mass is 9.86. The molecule has 3 N–H and O–H groups in total. The minimum atomic E-state index is -1.09. The van der Waals surface area contributed by atoms with E-state index >= 15 is 4.39 Å². The Bertz CT molecular complexity index is 2620. The molecule has 1 unspecified atom stereocenters. The summed E-state index contributed by atoms with van der Waals surface area (Å²) in [5.74, 6) is -1.80. The molecule has 10 rings (SSSR count). The maximum Gasteiger partial charge on any atom is 0.262 e. The van der Waals surface area contributed by atoms with Gasteiger partial charge in [0.1, 0.15) is 18.2 Å². The molecular weight excluding hydrogens is 830 g/mol. The number of carbonyl (C=O) groups excluding carboxylic acids is 5. The van der Waals surface area contributed by atoms with Crippen molar-refractivity contribution in [3.05, 3.63) is 102 Å². The lowest BCUT2D eigenvalue weighted by Crippen LogP contribution is -2.54. The topological polar surface area (TPSA) is 178 Å². The summed E-state index contributed by atoms with van der Waals surface area (Å²) < 4.78 is 17.5. The predicted molar refractivity (Wildman–Crippen MR) is 241 cm³/mol. The Balaban J connectivity index is 0.650. The maximum absolute atomic E-state index is 15.4. The van der Waals surface area contributed by atoms with Crippen molar-refractivity contribution in [1.82, 2.24) is 40.0 Å². The van der Waals surface area contributed by atoms with E-state index < -0.39 is 35.5 Å². The molecule has 3 saturated heterocycles. The van der Waals surface area contributed by atoms with Crippen LogP contribution in [0.2, 0.25) is 0 Å². The van der Waals surface area contributed by atoms with E-state index in [1.54, 1.807) is 6.33 Å². The van der Waals surface area contributed by atoms with Crippen LogP contribution < -0.4 is 25.8 Å². The molecule has 65 heavy (non-hydrogen) atoms. The minimum absolute atomic E-state index is 0.0274. The largest absolute Gasteiger partial charge is 0.369 e. The molecule has 6 heterocycles. The van der Waals surface area contributed by atoms with Crippen molar-refractivity contribution in [2.45, 2.75) is 75.9 Å². The number of imide groups is 2. The highest BCUT2D eigenvalue weighted by Gasteiger charge is 2.45. The SMILES string of the molecule is O=C1CCC(N2C(=O)c3cc(F)c(N4CCC(CCCN5CCN(c6ccc(Nc7ncnc8c7ncn8C7CC(NC(=O)Cc8ccccc8)C7)cc6)CC5)CC4)cc3C2=O)C(=O)N1. The van der Waals surface area contributed by atoms with Crippen LogP contribution in [0.1, 0.15) is 83.7 Å². The predicted octanol–water partition coefficient (Wildman–Crippen LogP) is 4.99. The quantitative estimate of drug-likeness (QED) is 0.135. The number of amides is 5. The van der Waals surface area contributed by atoms with Gasteiger partial charge >= 0.3 is 0 Å². The van der Waals surface area contributed by atoms with Crippen LogP contribution in [0.15, 0.2) is 79.4 Å². The second-order valence-electron chi connectivity index (χ2n) is 18.0. The summed E-state index contributed by atoms with van der Waals surface area (Å²) in [4.78, 5) is 84.6. The van der Waals surface area contributed by atoms with E-state index in [1.165, 1.54) is 11.8 Å². The average molecular weight is 882 g/mol. The number of carbonyl (C=O) groups is 5. The van der Waals surface area contributed by atoms with Gasteiger partial charge in [-0.2, -0.15) is 0 Å². The number of piperidine rings is 2. The third kappa shape index (κ3) is 8.76. The van der Waals surface area contributed by atoms with Gasteiger partial charge in [-0.1, -0.05) is 30.3 Å². The van der Waals surface area contributed by atoms with Crippen molar-refractivity contribution in [3.63, 3.8) is 0 Å². The summed E-state index contributed by atoms with van der Waals surface area (Å²) in [6, 6.07) is 20.0. The van der Waals surface area contributed by atoms with Crippen LogP contribution in [0.5, 0.6) is 0 Å². The van der Waals surface area contributed by atoms with Gasteiger partial charge in [0.15, 0.2) is 17.0 Å². The molecule has 3 aromatic carbocycles. The number of rotatable bonds is 13. The number of nitrogens with one attached hydrogen (secondary N) is 3. The van der Waals surface area contributed by atoms with Gasteiger partial charge in [0, 0.05) is 69.1 Å². The second-order valence-corrected chi connectivity index (χ2v) is 18.0. The van der Waals surface area contributed by atoms with E-state index in [2.05, 4.69) is 69.5 Å². The molecule has 4 fully saturated rings. The van der Waals surface area contributed by atoms with Crippen LogP contribution in [0.3, 0.4) is 0 Å². The van der Waals surface area contributed by atoms with Gasteiger partial charge in [0.25, 0.3) is 11.8 Å². The fourth-order valence-corrected chi connectivity index (χ4v) is 10.1. The highest BCUT2D eigenvalue weighted by atomic mass is 19.1. The Hall–Kier alpha value is -6.75. The number of hydrogen-bond donors (Lipinski definition) is 3. The lowest BCUT2D eigenvalue weighted by Gasteiger charge is -2.37. The molecule has 1 saturated carbocycles. The first-order chi connectivity index (χ1) is 31.6. The van der Waals surface area contributed by atoms with Gasteiger partial charge in [-0.25, -0.2) is 19.3 Å². The van der Waals surface area contributed by atoms with Crippen molar-refractivity contribution in [2.24, 2.45) is 5.92 Å². The zero-order valence-electron chi connectivity index (χ0n) is 36.1. The third-order valence-corrected chi connectivity index (χ3v) is 13.9. The van der Waals surface area contributed by atoms with Crippen LogP contribution in [0, 0.1) is 11.7 Å². The van der Waals surface area contributed by atoms with Crippen molar-refractivity contribution < 1.29 is 28.4 Å². The normalized spacial score (nSPS) is 21.7. The summed E-state index contributed by atoms with van der Waals surface area (Å²) in [6.45, 7) is 6.20. The molecule has 0 spiro atoms. The summed E-state index contributed by atoms with van der Waals surface area (Å²) in [5.41, 5.74) is 4.94. The lowest BCUT2D eigenvalue weighted by molar-refractivity contribution is -0.136. The highest BCUT2D eigenvalue weighted by Crippen LogP contribution is 2.37. The molecule has 336 valence electrons. The van der Waals surface area contributed by atoms with Gasteiger partial charge in [-0.05, 0) is 99.4 Å². The summed E-state index contributed by atoms with van der Waals surface area (Å²) in [6.07, 6.45) is 9.51. The number of benzene rings is 3. The molecule has 1 atom stereocenters. The van der Waals surface area contributed by atoms with Crippen LogP contribution in [0.25, 0.3) is 11.2 Å². The van der Waals surface area contributed by atoms with Crippen molar-refractivity contribution in [3.8, 4) is 0 Å². The fourth-order valence-electron chi connectivity index (χ4n) is 10.1. The van der Waals surface area contributed by atoms with Gasteiger partial charge in [0.2, 0.25) is 17.7 Å². The van der Waals surface area contributed by atoms with Crippen LogP contribution in [-0.4, -0.2) is 117 Å². The third-order valence-electron chi connectivity index (χ3n) is 13.9. The van der Waals surface area contributed by atoms with E-state index in [4.69, 9.17) is 0 Å². The van der Waals surface area contributed by atoms with E-state index in [1.807, 2.05) is 41.6 Å². The standard InChI is InChI=1S/C48H52FN11O5/c49-38-26-36-37(48(65)60(47(36)64)39-12-13-41(61)55-46(39)63)27-40(38)58-17-14-30(15-18-58)7-4-16-56-19-21-57(22-20-56)34-10-8-32(9-11-34)54-44-43-45(51-28-50-44)59(29-52-43)35-24-33(25-35)53-42(62)23-31-5-2-1-3-6-31/h1-3,5-6,8-11,26-30,33,35,39H,4,7,12-25H2,(H,53,62)(H,50,51,54)(H,55,61,63). The van der Waals surface area contributed by atoms with Crippen molar-refractivity contribution >= 4 is 63.6 Å². The zero-order chi connectivity index (χ0) is 44.6. The van der Waals surface area contributed by atoms with Gasteiger partial charge < -0.3 is 25.0 Å². The number of halogens is 1. The number of piperazine rings is 1. The first-order valence-electron chi connectivity index (χ1n) is 22.8. The molecule has 2 aromatic heterocycles. The molecule has 0 radical (unpaired) electrons. The molecular formula is C48H52FN11O5. The van der Waals surface area contributed by atoms with E-state index in [0.717, 1.165) is 99.1 Å². The van der Waals surface area contributed by atoms with Gasteiger partial charge in [-0.15, -0.1) is 0 Å². The Labute approximate surface area is 375 Å². The Morgan fingerprint density at radius 3 is 2.29 bits per heavy atom. The average Bonchev–Trinajstić information content (AvgIpc) is 3.83. The molecule has 5 amide bonds. The number of anilines is 4. The molecule has 4 aliphatic heterocycles. The molecule has 1 aliphatic carbocycles. The van der Waals surface area contributed by atoms with Crippen molar-refractivity contribution in [1.29, 1.82) is 0 Å². The highest BCUT2D eigenvalue weighted by molar-refractivity contribution is 6.23. The summed E-state index contributed by atoms with van der Waals surface area (Å²) in [5, 5.41) is 8.80. The van der Waals surface area contributed by atoms with Crippen LogP contribution in [0.4, 0.5) is 27.3 Å². The molecule has 0 bridgehead atoms. The molecule has 16 nitrogen and oxygen atoms in total. The van der Waals surface area contributed by atoms with Gasteiger partial charge in [0.05, 0.1) is 29.6 Å². The number of imidazole rings is 1. The van der Waals surface area contributed by atoms with E-state index in [9.17, 15) is 24.0 Å². The second kappa shape index (κ2) is 18.0. The maximum atomic E-state index is 15.4. The number of hydrogen-bond acceptors (Lipinski definition) is 12. The Kier molecular flexibility index (Phi) is 11.7. The van der Waals surface area contributed by atoms with Crippen molar-refractivity contribution in [2.75, 3.05) is 60.9 Å². The minimum Gasteiger partial charge on any atom is -0.369 e. The first-order valence-corrected chi connectivity index (χ1v) is 22.8. The monoisotopic (exact) mass is 881 g/mol. The van der Waals surface area contributed by atoms with E-state index in [0.29, 0.717) is 42.5 Å². The Morgan fingerprint density at radius 2 is 1.55 bits per heavy atom. The van der Waals surface area contributed by atoms with Crippen LogP contribution >= 0.6 is 0 Å². The summed E-state index contributed by atoms with van der Waals surface area (Å²) >= 11 is 0. The molecule has 17 heteroatoms. The molecule has 5 aromatic rings. The van der Waals surface area contributed by atoms with Crippen LogP contribution in [-0.2, 0) is 20.8 Å². The first kappa shape index (κ1) is 42.2. The van der Waals surface area contributed by atoms with Gasteiger partial charge in [-0.3, -0.25) is 39.1 Å². The number of fused-ring (bicyclic) bond motifs is 2. The molecule has 5 aliphatic rings. The van der Waals surface area contributed by atoms with E-state index in [-0.39, 0.29) is 42.0 Å².